The summed E-state index contributed by atoms with van der Waals surface area (Å²) in [7, 11) is 0. The van der Waals surface area contributed by atoms with Crippen LogP contribution in [0.2, 0.25) is 0 Å². The van der Waals surface area contributed by atoms with Gasteiger partial charge in [0.05, 0.1) is 11.3 Å². The minimum Gasteiger partial charge on any atom is -0.316 e. The van der Waals surface area contributed by atoms with Crippen molar-refractivity contribution in [3.63, 3.8) is 0 Å². The fourth-order valence-electron chi connectivity index (χ4n) is 3.92. The number of aromatic nitrogens is 3. The normalized spacial score (nSPS) is 13.5. The van der Waals surface area contributed by atoms with Crippen molar-refractivity contribution in [2.45, 2.75) is 50.2 Å². The number of amides is 1. The lowest BCUT2D eigenvalue weighted by Crippen LogP contribution is -2.14. The molecule has 0 unspecified atom stereocenters. The molecule has 0 saturated carbocycles. The number of carbonyl (C=O) groups excluding carboxylic acids is 1. The maximum Gasteiger partial charge on any atom is 0.235 e. The molecule has 1 N–H and O–H groups in total. The second kappa shape index (κ2) is 10.8. The Morgan fingerprint density at radius 2 is 2.00 bits per heavy atom. The molecule has 0 saturated heterocycles. The van der Waals surface area contributed by atoms with E-state index in [2.05, 4.69) is 28.2 Å². The highest BCUT2D eigenvalue weighted by molar-refractivity contribution is 7.99. The Kier molecular flexibility index (Phi) is 7.57. The summed E-state index contributed by atoms with van der Waals surface area (Å²) in [5.74, 6) is 0.203. The molecule has 1 aliphatic rings. The van der Waals surface area contributed by atoms with Gasteiger partial charge in [0, 0.05) is 17.0 Å². The number of aryl methyl sites for hydroxylation is 1. The number of anilines is 1. The summed E-state index contributed by atoms with van der Waals surface area (Å²) in [4.78, 5) is 14.0. The average molecular weight is 482 g/mol. The van der Waals surface area contributed by atoms with Gasteiger partial charge in [-0.25, -0.2) is 4.39 Å². The van der Waals surface area contributed by atoms with Crippen molar-refractivity contribution in [1.29, 1.82) is 5.26 Å². The zero-order valence-electron chi connectivity index (χ0n) is 18.1. The van der Waals surface area contributed by atoms with Crippen molar-refractivity contribution < 1.29 is 9.18 Å². The van der Waals surface area contributed by atoms with Crippen molar-refractivity contribution in [3.8, 4) is 17.5 Å². The van der Waals surface area contributed by atoms with Crippen molar-refractivity contribution in [1.82, 2.24) is 14.8 Å². The van der Waals surface area contributed by atoms with Gasteiger partial charge in [0.15, 0.2) is 11.0 Å². The van der Waals surface area contributed by atoms with E-state index in [0.717, 1.165) is 36.8 Å². The van der Waals surface area contributed by atoms with E-state index >= 15 is 0 Å². The van der Waals surface area contributed by atoms with Gasteiger partial charge in [-0.1, -0.05) is 30.7 Å². The summed E-state index contributed by atoms with van der Waals surface area (Å²) in [6.45, 7) is 4.24. The van der Waals surface area contributed by atoms with Gasteiger partial charge in [0.2, 0.25) is 5.91 Å². The number of nitriles is 1. The summed E-state index contributed by atoms with van der Waals surface area (Å²) >= 11 is 2.80. The molecule has 170 valence electrons. The Labute approximate surface area is 200 Å². The minimum atomic E-state index is -0.321. The van der Waals surface area contributed by atoms with Crippen LogP contribution in [0.1, 0.15) is 41.7 Å². The van der Waals surface area contributed by atoms with Gasteiger partial charge in [-0.3, -0.25) is 9.36 Å². The molecule has 0 bridgehead atoms. The largest absolute Gasteiger partial charge is 0.316 e. The van der Waals surface area contributed by atoms with E-state index in [-0.39, 0.29) is 17.5 Å². The molecular weight excluding hydrogens is 457 g/mol. The number of hydrogen-bond donors (Lipinski definition) is 1. The van der Waals surface area contributed by atoms with Crippen molar-refractivity contribution in [2.75, 3.05) is 11.1 Å². The lowest BCUT2D eigenvalue weighted by molar-refractivity contribution is -0.113. The number of nitrogens with one attached hydrogen (secondary N) is 1. The zero-order chi connectivity index (χ0) is 23.2. The zero-order valence-corrected chi connectivity index (χ0v) is 19.8. The van der Waals surface area contributed by atoms with Gasteiger partial charge in [0.25, 0.3) is 0 Å². The molecule has 1 amide bonds. The van der Waals surface area contributed by atoms with E-state index in [1.807, 2.05) is 4.57 Å². The summed E-state index contributed by atoms with van der Waals surface area (Å²) in [6.07, 6.45) is 8.19. The number of carbonyl (C=O) groups is 1. The topological polar surface area (TPSA) is 83.6 Å². The SMILES string of the molecule is C=CCn1c(SCC(=O)Nc2sc3c(c2C#N)CCCCCC3)nnc1-c1ccc(F)cc1. The number of allylic oxidation sites excluding steroid dienone is 1. The van der Waals surface area contributed by atoms with Crippen LogP contribution >= 0.6 is 23.1 Å². The first-order chi connectivity index (χ1) is 16.1. The van der Waals surface area contributed by atoms with E-state index in [1.165, 1.54) is 53.0 Å². The Balaban J connectivity index is 1.47. The van der Waals surface area contributed by atoms with Crippen LogP contribution in [0.25, 0.3) is 11.4 Å². The Bertz CT molecular complexity index is 1190. The summed E-state index contributed by atoms with van der Waals surface area (Å²) in [5, 5.41) is 22.3. The fourth-order valence-corrected chi connectivity index (χ4v) is 5.92. The van der Waals surface area contributed by atoms with Gasteiger partial charge in [-0.2, -0.15) is 5.26 Å². The summed E-state index contributed by atoms with van der Waals surface area (Å²) in [5.41, 5.74) is 2.46. The first-order valence-electron chi connectivity index (χ1n) is 10.9. The van der Waals surface area contributed by atoms with Crippen molar-refractivity contribution >= 4 is 34.0 Å². The minimum absolute atomic E-state index is 0.131. The molecule has 4 rings (SSSR count). The first kappa shape index (κ1) is 23.2. The number of halogens is 1. The van der Waals surface area contributed by atoms with Crippen LogP contribution < -0.4 is 5.32 Å². The highest BCUT2D eigenvalue weighted by atomic mass is 32.2. The average Bonchev–Trinajstić information content (AvgIpc) is 3.33. The third kappa shape index (κ3) is 5.34. The number of thiophene rings is 1. The van der Waals surface area contributed by atoms with Crippen molar-refractivity contribution in [2.24, 2.45) is 0 Å². The molecule has 6 nitrogen and oxygen atoms in total. The monoisotopic (exact) mass is 481 g/mol. The molecule has 3 aromatic rings. The molecule has 1 aromatic carbocycles. The smallest absolute Gasteiger partial charge is 0.235 e. The number of benzene rings is 1. The highest BCUT2D eigenvalue weighted by Crippen LogP contribution is 2.36. The van der Waals surface area contributed by atoms with Crippen LogP contribution in [0.5, 0.6) is 0 Å². The van der Waals surface area contributed by atoms with Crippen molar-refractivity contribution in [3.05, 3.63) is 58.7 Å². The van der Waals surface area contributed by atoms with Gasteiger partial charge >= 0.3 is 0 Å². The lowest BCUT2D eigenvalue weighted by Gasteiger charge is -2.09. The Morgan fingerprint density at radius 1 is 1.24 bits per heavy atom. The second-order valence-electron chi connectivity index (χ2n) is 7.78. The Morgan fingerprint density at radius 3 is 2.73 bits per heavy atom. The van der Waals surface area contributed by atoms with Gasteiger partial charge in [-0.15, -0.1) is 28.1 Å². The fraction of sp³-hybridized carbons (Fsp3) is 0.333. The van der Waals surface area contributed by atoms with Crippen LogP contribution in [0.15, 0.2) is 42.1 Å². The molecule has 2 aromatic heterocycles. The number of hydrogen-bond acceptors (Lipinski definition) is 6. The second-order valence-corrected chi connectivity index (χ2v) is 9.83. The predicted molar refractivity (Wildman–Crippen MR) is 130 cm³/mol. The molecule has 0 fully saturated rings. The van der Waals surface area contributed by atoms with Crippen LogP contribution in [-0.4, -0.2) is 26.4 Å². The maximum absolute atomic E-state index is 13.3. The molecule has 33 heavy (non-hydrogen) atoms. The Hall–Kier alpha value is -2.96. The van der Waals surface area contributed by atoms with Gasteiger partial charge < -0.3 is 5.32 Å². The third-order valence-electron chi connectivity index (χ3n) is 5.50. The van der Waals surface area contributed by atoms with Crippen LogP contribution in [0, 0.1) is 17.1 Å². The van der Waals surface area contributed by atoms with E-state index in [4.69, 9.17) is 0 Å². The third-order valence-corrected chi connectivity index (χ3v) is 7.67. The van der Waals surface area contributed by atoms with E-state index in [0.29, 0.717) is 28.1 Å². The molecule has 1 aliphatic carbocycles. The molecule has 0 aliphatic heterocycles. The molecule has 2 heterocycles. The maximum atomic E-state index is 13.3. The molecule has 9 heteroatoms. The molecule has 0 spiro atoms. The number of thioether (sulfide) groups is 1. The van der Waals surface area contributed by atoms with Gasteiger partial charge in [-0.05, 0) is 55.5 Å². The molecular formula is C24H24FN5OS2. The predicted octanol–water partition coefficient (Wildman–Crippen LogP) is 5.59. The summed E-state index contributed by atoms with van der Waals surface area (Å²) in [6, 6.07) is 8.35. The van der Waals surface area contributed by atoms with Crippen LogP contribution in [0.4, 0.5) is 9.39 Å². The van der Waals surface area contributed by atoms with E-state index in [9.17, 15) is 14.4 Å². The number of nitrogens with zero attached hydrogens (tertiary/aromatic N) is 4. The summed E-state index contributed by atoms with van der Waals surface area (Å²) < 4.78 is 15.1. The van der Waals surface area contributed by atoms with E-state index < -0.39 is 0 Å². The van der Waals surface area contributed by atoms with Crippen LogP contribution in [-0.2, 0) is 24.2 Å². The highest BCUT2D eigenvalue weighted by Gasteiger charge is 2.21. The number of rotatable bonds is 7. The first-order valence-corrected chi connectivity index (χ1v) is 12.7. The molecule has 0 radical (unpaired) electrons. The lowest BCUT2D eigenvalue weighted by atomic mass is 9.97. The quantitative estimate of drug-likeness (QED) is 0.351. The number of fused-ring (bicyclic) bond motifs is 1. The van der Waals surface area contributed by atoms with Crippen LogP contribution in [0.3, 0.4) is 0 Å². The standard InChI is InChI=1S/C24H24FN5OS2/c1-2-13-30-22(16-9-11-17(25)12-10-16)28-29-24(30)32-15-21(31)27-23-19(14-26)18-7-5-3-4-6-8-20(18)33-23/h2,9-12H,1,3-8,13,15H2,(H,27,31). The van der Waals surface area contributed by atoms with E-state index in [1.54, 1.807) is 18.2 Å². The van der Waals surface area contributed by atoms with Gasteiger partial charge in [0.1, 0.15) is 16.9 Å². The molecule has 0 atom stereocenters.